The Balaban J connectivity index is 1.66. The predicted octanol–water partition coefficient (Wildman–Crippen LogP) is 1.37. The molecule has 4 N–H and O–H groups in total. The molecule has 116 valence electrons. The fourth-order valence-corrected chi connectivity index (χ4v) is 2.62. The number of piperidine rings is 1. The van der Waals surface area contributed by atoms with Crippen LogP contribution in [0.5, 0.6) is 5.88 Å². The molecule has 0 unspecified atom stereocenters. The molecule has 1 aliphatic rings. The van der Waals surface area contributed by atoms with Gasteiger partial charge in [-0.1, -0.05) is 12.1 Å². The standard InChI is InChI=1S/C15H20N6O/c1-21-8-6-10(7-9-21)17-14(16)20-15-18-12-5-3-2-4-11(12)13(22)19-15/h2-5,10H,6-9H2,1H3,(H4,16,17,18,19,20,22). The Labute approximate surface area is 128 Å². The van der Waals surface area contributed by atoms with E-state index < -0.39 is 0 Å². The third-order valence-corrected chi connectivity index (χ3v) is 3.89. The van der Waals surface area contributed by atoms with Crippen molar-refractivity contribution in [1.82, 2.24) is 20.2 Å². The predicted molar refractivity (Wildman–Crippen MR) is 86.2 cm³/mol. The van der Waals surface area contributed by atoms with Crippen molar-refractivity contribution in [3.63, 3.8) is 0 Å². The molecule has 1 aliphatic heterocycles. The molecule has 0 atom stereocenters. The monoisotopic (exact) mass is 300 g/mol. The number of aromatic nitrogens is 2. The summed E-state index contributed by atoms with van der Waals surface area (Å²) in [7, 11) is 2.10. The van der Waals surface area contributed by atoms with Gasteiger partial charge in [0.05, 0.1) is 10.9 Å². The minimum atomic E-state index is -0.0832. The second-order valence-electron chi connectivity index (χ2n) is 5.61. The number of hydrogen-bond donors (Lipinski definition) is 4. The average Bonchev–Trinajstić information content (AvgIpc) is 2.49. The number of likely N-dealkylation sites (tertiary alicyclic amines) is 1. The number of guanidine groups is 1. The normalized spacial score (nSPS) is 16.6. The largest absolute Gasteiger partial charge is 0.493 e. The van der Waals surface area contributed by atoms with E-state index in [9.17, 15) is 5.11 Å². The van der Waals surface area contributed by atoms with Crippen molar-refractivity contribution in [3.8, 4) is 5.88 Å². The van der Waals surface area contributed by atoms with Gasteiger partial charge in [0.1, 0.15) is 0 Å². The van der Waals surface area contributed by atoms with Crippen LogP contribution in [0.4, 0.5) is 5.95 Å². The lowest BCUT2D eigenvalue weighted by Gasteiger charge is -2.30. The van der Waals surface area contributed by atoms with Crippen LogP contribution in [0.3, 0.4) is 0 Å². The summed E-state index contributed by atoms with van der Waals surface area (Å²) in [5.41, 5.74) is 0.643. The van der Waals surface area contributed by atoms with E-state index in [4.69, 9.17) is 5.41 Å². The van der Waals surface area contributed by atoms with E-state index >= 15 is 0 Å². The van der Waals surface area contributed by atoms with Gasteiger partial charge in [0.25, 0.3) is 0 Å². The van der Waals surface area contributed by atoms with Crippen molar-refractivity contribution < 1.29 is 5.11 Å². The highest BCUT2D eigenvalue weighted by atomic mass is 16.3. The number of anilines is 1. The third kappa shape index (κ3) is 3.25. The van der Waals surface area contributed by atoms with Gasteiger partial charge in [-0.3, -0.25) is 10.7 Å². The van der Waals surface area contributed by atoms with E-state index in [0.29, 0.717) is 10.9 Å². The van der Waals surface area contributed by atoms with Crippen LogP contribution >= 0.6 is 0 Å². The fourth-order valence-electron chi connectivity index (χ4n) is 2.62. The first-order valence-corrected chi connectivity index (χ1v) is 7.38. The first-order chi connectivity index (χ1) is 10.6. The molecule has 0 aliphatic carbocycles. The highest BCUT2D eigenvalue weighted by molar-refractivity contribution is 5.91. The molecular weight excluding hydrogens is 280 g/mol. The Bertz CT molecular complexity index is 681. The van der Waals surface area contributed by atoms with Crippen LogP contribution in [-0.4, -0.2) is 52.1 Å². The SMILES string of the molecule is CN1CCC(NC(=N)Nc2nc(O)c3ccccc3n2)CC1. The molecule has 0 saturated carbocycles. The van der Waals surface area contributed by atoms with Crippen molar-refractivity contribution in [3.05, 3.63) is 24.3 Å². The second kappa shape index (κ2) is 6.15. The van der Waals surface area contributed by atoms with E-state index in [1.54, 1.807) is 12.1 Å². The van der Waals surface area contributed by atoms with E-state index in [1.807, 2.05) is 12.1 Å². The lowest BCUT2D eigenvalue weighted by atomic mass is 10.1. The molecule has 7 nitrogen and oxygen atoms in total. The molecular formula is C15H20N6O. The molecule has 7 heteroatoms. The van der Waals surface area contributed by atoms with Gasteiger partial charge in [0, 0.05) is 6.04 Å². The average molecular weight is 300 g/mol. The summed E-state index contributed by atoms with van der Waals surface area (Å²) in [5.74, 6) is 0.297. The summed E-state index contributed by atoms with van der Waals surface area (Å²) in [6.07, 6.45) is 2.01. The van der Waals surface area contributed by atoms with Gasteiger partial charge in [0.2, 0.25) is 11.8 Å². The smallest absolute Gasteiger partial charge is 0.233 e. The van der Waals surface area contributed by atoms with E-state index in [2.05, 4.69) is 32.5 Å². The van der Waals surface area contributed by atoms with Crippen LogP contribution in [-0.2, 0) is 0 Å². The van der Waals surface area contributed by atoms with Crippen molar-refractivity contribution in [2.24, 2.45) is 0 Å². The molecule has 22 heavy (non-hydrogen) atoms. The number of nitrogens with zero attached hydrogens (tertiary/aromatic N) is 3. The topological polar surface area (TPSA) is 97.2 Å². The van der Waals surface area contributed by atoms with Crippen LogP contribution < -0.4 is 10.6 Å². The first-order valence-electron chi connectivity index (χ1n) is 7.38. The molecule has 2 heterocycles. The number of aromatic hydroxyl groups is 1. The van der Waals surface area contributed by atoms with Gasteiger partial charge in [-0.05, 0) is 45.1 Å². The quantitative estimate of drug-likeness (QED) is 0.494. The Hall–Kier alpha value is -2.41. The molecule has 3 rings (SSSR count). The number of fused-ring (bicyclic) bond motifs is 1. The van der Waals surface area contributed by atoms with Crippen LogP contribution in [0.25, 0.3) is 10.9 Å². The summed E-state index contributed by atoms with van der Waals surface area (Å²) in [6, 6.07) is 7.51. The zero-order valence-electron chi connectivity index (χ0n) is 12.5. The number of nitrogens with one attached hydrogen (secondary N) is 3. The Kier molecular flexibility index (Phi) is 4.06. The molecule has 0 radical (unpaired) electrons. The third-order valence-electron chi connectivity index (χ3n) is 3.89. The van der Waals surface area contributed by atoms with E-state index in [-0.39, 0.29) is 23.8 Å². The minimum Gasteiger partial charge on any atom is -0.493 e. The van der Waals surface area contributed by atoms with Crippen molar-refractivity contribution in [1.29, 1.82) is 5.41 Å². The Morgan fingerprint density at radius 2 is 2.00 bits per heavy atom. The zero-order chi connectivity index (χ0) is 15.5. The van der Waals surface area contributed by atoms with Gasteiger partial charge in [-0.25, -0.2) is 4.98 Å². The van der Waals surface area contributed by atoms with Crippen LogP contribution in [0, 0.1) is 5.41 Å². The maximum atomic E-state index is 9.93. The van der Waals surface area contributed by atoms with Crippen molar-refractivity contribution in [2.75, 3.05) is 25.5 Å². The summed E-state index contributed by atoms with van der Waals surface area (Å²) >= 11 is 0. The van der Waals surface area contributed by atoms with Crippen molar-refractivity contribution >= 4 is 22.8 Å². The molecule has 0 bridgehead atoms. The van der Waals surface area contributed by atoms with Gasteiger partial charge in [-0.15, -0.1) is 0 Å². The molecule has 1 aromatic heterocycles. The van der Waals surface area contributed by atoms with Gasteiger partial charge in [-0.2, -0.15) is 4.98 Å². The molecule has 1 aromatic carbocycles. The van der Waals surface area contributed by atoms with Gasteiger partial charge in [0.15, 0.2) is 5.96 Å². The maximum Gasteiger partial charge on any atom is 0.233 e. The lowest BCUT2D eigenvalue weighted by molar-refractivity contribution is 0.247. The van der Waals surface area contributed by atoms with Crippen molar-refractivity contribution in [2.45, 2.75) is 18.9 Å². The van der Waals surface area contributed by atoms with Crippen LogP contribution in [0.1, 0.15) is 12.8 Å². The maximum absolute atomic E-state index is 9.93. The number of hydrogen-bond acceptors (Lipinski definition) is 5. The lowest BCUT2D eigenvalue weighted by Crippen LogP contribution is -2.45. The number of rotatable bonds is 2. The summed E-state index contributed by atoms with van der Waals surface area (Å²) in [6.45, 7) is 2.05. The van der Waals surface area contributed by atoms with Gasteiger partial charge >= 0.3 is 0 Å². The number of benzene rings is 1. The zero-order valence-corrected chi connectivity index (χ0v) is 12.5. The fraction of sp³-hybridized carbons (Fsp3) is 0.400. The van der Waals surface area contributed by atoms with Crippen LogP contribution in [0.15, 0.2) is 24.3 Å². The molecule has 1 fully saturated rings. The number of para-hydroxylation sites is 1. The van der Waals surface area contributed by atoms with Gasteiger partial charge < -0.3 is 15.3 Å². The minimum absolute atomic E-state index is 0.0832. The highest BCUT2D eigenvalue weighted by Crippen LogP contribution is 2.22. The Morgan fingerprint density at radius 1 is 1.27 bits per heavy atom. The first kappa shape index (κ1) is 14.5. The molecule has 2 aromatic rings. The Morgan fingerprint density at radius 3 is 2.77 bits per heavy atom. The summed E-state index contributed by atoms with van der Waals surface area (Å²) in [4.78, 5) is 10.6. The van der Waals surface area contributed by atoms with E-state index in [0.717, 1.165) is 25.9 Å². The molecule has 0 spiro atoms. The second-order valence-corrected chi connectivity index (χ2v) is 5.61. The van der Waals surface area contributed by atoms with Crippen LogP contribution in [0.2, 0.25) is 0 Å². The summed E-state index contributed by atoms with van der Waals surface area (Å²) < 4.78 is 0. The summed E-state index contributed by atoms with van der Waals surface area (Å²) in [5, 5.41) is 24.5. The van der Waals surface area contributed by atoms with E-state index in [1.165, 1.54) is 0 Å². The highest BCUT2D eigenvalue weighted by Gasteiger charge is 2.17. The molecule has 1 saturated heterocycles. The molecule has 0 amide bonds.